The summed E-state index contributed by atoms with van der Waals surface area (Å²) < 4.78 is 23.9. The minimum Gasteiger partial charge on any atom is -0.496 e. The summed E-state index contributed by atoms with van der Waals surface area (Å²) in [6.45, 7) is 6.50. The fraction of sp³-hybridized carbons (Fsp3) is 0.296. The summed E-state index contributed by atoms with van der Waals surface area (Å²) in [5, 5.41) is 0.439. The van der Waals surface area contributed by atoms with Gasteiger partial charge in [-0.1, -0.05) is 29.0 Å². The van der Waals surface area contributed by atoms with Gasteiger partial charge < -0.3 is 18.9 Å². The SMILES string of the molecule is CCOc1ccc(/C=c2\sc3n(c2=O)[C@@H](c2cc(Cl)ccc2OC)C(C(=O)OC)=C(C)N=3)cc1OCC. The Morgan fingerprint density at radius 1 is 1.08 bits per heavy atom. The standard InChI is InChI=1S/C27H27ClN2O6S/c1-6-35-20-10-8-16(12-21(20)36-7-2)13-22-25(31)30-24(18-14-17(28)9-11-19(18)33-4)23(26(32)34-5)15(3)29-27(30)37-22/h8-14,24H,6-7H2,1-5H3/b22-13-/t24-/m0/s1. The zero-order valence-electron chi connectivity index (χ0n) is 21.2. The molecule has 0 unspecified atom stereocenters. The Bertz CT molecular complexity index is 1560. The summed E-state index contributed by atoms with van der Waals surface area (Å²) in [7, 11) is 2.81. The van der Waals surface area contributed by atoms with Crippen LogP contribution in [0.3, 0.4) is 0 Å². The van der Waals surface area contributed by atoms with Crippen LogP contribution in [0, 0.1) is 0 Å². The number of carbonyl (C=O) groups is 1. The predicted octanol–water partition coefficient (Wildman–Crippen LogP) is 3.87. The van der Waals surface area contributed by atoms with Gasteiger partial charge in [0.25, 0.3) is 5.56 Å². The van der Waals surface area contributed by atoms with E-state index >= 15 is 0 Å². The van der Waals surface area contributed by atoms with Crippen LogP contribution in [-0.2, 0) is 9.53 Å². The van der Waals surface area contributed by atoms with Crippen LogP contribution in [0.1, 0.15) is 37.9 Å². The number of fused-ring (bicyclic) bond motifs is 1. The van der Waals surface area contributed by atoms with Crippen LogP contribution in [0.4, 0.5) is 0 Å². The van der Waals surface area contributed by atoms with Crippen molar-refractivity contribution in [3.05, 3.63) is 83.5 Å². The quantitative estimate of drug-likeness (QED) is 0.402. The second-order valence-corrected chi connectivity index (χ2v) is 9.48. The highest BCUT2D eigenvalue weighted by molar-refractivity contribution is 7.07. The normalized spacial score (nSPS) is 15.2. The van der Waals surface area contributed by atoms with E-state index in [-0.39, 0.29) is 11.1 Å². The number of hydrogen-bond donors (Lipinski definition) is 0. The number of thiazole rings is 1. The first-order valence-electron chi connectivity index (χ1n) is 11.7. The molecule has 1 atom stereocenters. The largest absolute Gasteiger partial charge is 0.496 e. The van der Waals surface area contributed by atoms with Crippen LogP contribution in [0.5, 0.6) is 17.2 Å². The first-order chi connectivity index (χ1) is 17.8. The summed E-state index contributed by atoms with van der Waals surface area (Å²) in [4.78, 5) is 31.7. The first kappa shape index (κ1) is 26.5. The molecule has 1 aliphatic rings. The van der Waals surface area contributed by atoms with Gasteiger partial charge in [-0.05, 0) is 62.7 Å². The average Bonchev–Trinajstić information content (AvgIpc) is 3.18. The number of benzene rings is 2. The molecular weight excluding hydrogens is 516 g/mol. The second-order valence-electron chi connectivity index (χ2n) is 8.03. The second kappa shape index (κ2) is 11.2. The Labute approximate surface area is 223 Å². The molecule has 0 bridgehead atoms. The molecule has 1 aromatic heterocycles. The van der Waals surface area contributed by atoms with Crippen LogP contribution in [0.2, 0.25) is 5.02 Å². The Balaban J connectivity index is 1.95. The fourth-order valence-corrected chi connectivity index (χ4v) is 5.44. The molecule has 0 fully saturated rings. The maximum Gasteiger partial charge on any atom is 0.338 e. The Morgan fingerprint density at radius 2 is 1.78 bits per heavy atom. The van der Waals surface area contributed by atoms with E-state index < -0.39 is 12.0 Å². The van der Waals surface area contributed by atoms with Gasteiger partial charge in [0.2, 0.25) is 0 Å². The molecule has 194 valence electrons. The lowest BCUT2D eigenvalue weighted by Gasteiger charge is -2.25. The molecule has 8 nitrogen and oxygen atoms in total. The topological polar surface area (TPSA) is 88.4 Å². The van der Waals surface area contributed by atoms with E-state index in [9.17, 15) is 9.59 Å². The molecule has 10 heteroatoms. The molecule has 3 aromatic rings. The molecule has 0 saturated carbocycles. The fourth-order valence-electron chi connectivity index (χ4n) is 4.21. The van der Waals surface area contributed by atoms with E-state index in [4.69, 9.17) is 30.5 Å². The summed E-state index contributed by atoms with van der Waals surface area (Å²) >= 11 is 7.55. The Kier molecular flexibility index (Phi) is 8.04. The zero-order valence-corrected chi connectivity index (χ0v) is 22.7. The molecule has 0 spiro atoms. The minimum absolute atomic E-state index is 0.238. The van der Waals surface area contributed by atoms with E-state index in [2.05, 4.69) is 4.99 Å². The third-order valence-electron chi connectivity index (χ3n) is 5.78. The van der Waals surface area contributed by atoms with E-state index in [1.54, 1.807) is 31.2 Å². The molecule has 0 saturated heterocycles. The highest BCUT2D eigenvalue weighted by Crippen LogP contribution is 2.37. The van der Waals surface area contributed by atoms with Gasteiger partial charge in [0.1, 0.15) is 11.8 Å². The van der Waals surface area contributed by atoms with Crippen LogP contribution >= 0.6 is 22.9 Å². The molecule has 4 rings (SSSR count). The Hall–Kier alpha value is -3.56. The van der Waals surface area contributed by atoms with Gasteiger partial charge in [-0.2, -0.15) is 0 Å². The molecule has 0 amide bonds. The molecule has 1 aliphatic heterocycles. The van der Waals surface area contributed by atoms with E-state index in [1.807, 2.05) is 32.0 Å². The predicted molar refractivity (Wildman–Crippen MR) is 143 cm³/mol. The van der Waals surface area contributed by atoms with Gasteiger partial charge >= 0.3 is 5.97 Å². The number of allylic oxidation sites excluding steroid dienone is 1. The van der Waals surface area contributed by atoms with Crippen molar-refractivity contribution in [1.29, 1.82) is 0 Å². The van der Waals surface area contributed by atoms with E-state index in [1.165, 1.54) is 30.1 Å². The van der Waals surface area contributed by atoms with Gasteiger partial charge in [0.05, 0.1) is 43.2 Å². The summed E-state index contributed by atoms with van der Waals surface area (Å²) in [5.41, 5.74) is 1.69. The lowest BCUT2D eigenvalue weighted by atomic mass is 9.95. The van der Waals surface area contributed by atoms with Crippen LogP contribution in [0.15, 0.2) is 57.5 Å². The monoisotopic (exact) mass is 542 g/mol. The highest BCUT2D eigenvalue weighted by atomic mass is 35.5. The first-order valence-corrected chi connectivity index (χ1v) is 12.9. The summed E-state index contributed by atoms with van der Waals surface area (Å²) in [6, 6.07) is 9.74. The van der Waals surface area contributed by atoms with Gasteiger partial charge in [0.15, 0.2) is 16.3 Å². The van der Waals surface area contributed by atoms with E-state index in [0.29, 0.717) is 56.1 Å². The minimum atomic E-state index is -0.834. The number of nitrogens with zero attached hydrogens (tertiary/aromatic N) is 2. The Morgan fingerprint density at radius 3 is 2.46 bits per heavy atom. The number of aromatic nitrogens is 1. The number of carbonyl (C=O) groups excluding carboxylic acids is 1. The van der Waals surface area contributed by atoms with Gasteiger partial charge in [-0.15, -0.1) is 0 Å². The number of halogens is 1. The molecule has 0 radical (unpaired) electrons. The lowest BCUT2D eigenvalue weighted by molar-refractivity contribution is -0.136. The third kappa shape index (κ3) is 5.14. The van der Waals surface area contributed by atoms with Crippen molar-refractivity contribution in [3.8, 4) is 17.2 Å². The maximum absolute atomic E-state index is 13.8. The van der Waals surface area contributed by atoms with Gasteiger partial charge in [-0.25, -0.2) is 9.79 Å². The lowest BCUT2D eigenvalue weighted by Crippen LogP contribution is -2.40. The third-order valence-corrected chi connectivity index (χ3v) is 7.00. The van der Waals surface area contributed by atoms with Gasteiger partial charge in [-0.3, -0.25) is 9.36 Å². The van der Waals surface area contributed by atoms with Crippen LogP contribution in [-0.4, -0.2) is 38.0 Å². The van der Waals surface area contributed by atoms with Crippen molar-refractivity contribution in [1.82, 2.24) is 4.57 Å². The summed E-state index contributed by atoms with van der Waals surface area (Å²) in [6.07, 6.45) is 1.77. The van der Waals surface area contributed by atoms with Crippen molar-refractivity contribution in [2.45, 2.75) is 26.8 Å². The number of esters is 1. The molecule has 37 heavy (non-hydrogen) atoms. The van der Waals surface area contributed by atoms with Gasteiger partial charge in [0, 0.05) is 10.6 Å². The van der Waals surface area contributed by atoms with Crippen molar-refractivity contribution in [2.75, 3.05) is 27.4 Å². The van der Waals surface area contributed by atoms with Crippen molar-refractivity contribution >= 4 is 35.0 Å². The van der Waals surface area contributed by atoms with Crippen LogP contribution < -0.4 is 29.1 Å². The number of methoxy groups -OCH3 is 2. The zero-order chi connectivity index (χ0) is 26.7. The molecule has 2 heterocycles. The molecular formula is C27H27ClN2O6S. The molecule has 0 aliphatic carbocycles. The maximum atomic E-state index is 13.8. The highest BCUT2D eigenvalue weighted by Gasteiger charge is 2.35. The number of rotatable bonds is 8. The smallest absolute Gasteiger partial charge is 0.338 e. The van der Waals surface area contributed by atoms with Crippen LogP contribution in [0.25, 0.3) is 6.08 Å². The average molecular weight is 543 g/mol. The van der Waals surface area contributed by atoms with Crippen molar-refractivity contribution in [2.24, 2.45) is 4.99 Å². The van der Waals surface area contributed by atoms with Crippen molar-refractivity contribution in [3.63, 3.8) is 0 Å². The summed E-state index contributed by atoms with van der Waals surface area (Å²) in [5.74, 6) is 1.12. The number of hydrogen-bond acceptors (Lipinski definition) is 8. The van der Waals surface area contributed by atoms with Crippen molar-refractivity contribution < 1.29 is 23.7 Å². The molecule has 0 N–H and O–H groups in total. The molecule has 2 aromatic carbocycles. The van der Waals surface area contributed by atoms with E-state index in [0.717, 1.165) is 5.56 Å². The number of ether oxygens (including phenoxy) is 4.